The second-order valence-electron chi connectivity index (χ2n) is 7.04. The van der Waals surface area contributed by atoms with E-state index in [9.17, 15) is 0 Å². The zero-order valence-electron chi connectivity index (χ0n) is 16.9. The van der Waals surface area contributed by atoms with Gasteiger partial charge in [-0.25, -0.2) is 4.68 Å². The van der Waals surface area contributed by atoms with Gasteiger partial charge in [-0.05, 0) is 31.2 Å². The van der Waals surface area contributed by atoms with Crippen molar-refractivity contribution in [2.45, 2.75) is 6.92 Å². The van der Waals surface area contributed by atoms with Gasteiger partial charge in [-0.3, -0.25) is 5.10 Å². The predicted molar refractivity (Wildman–Crippen MR) is 126 cm³/mol. The Bertz CT molecular complexity index is 1390. The van der Waals surface area contributed by atoms with Crippen LogP contribution in [0.4, 0.5) is 0 Å². The first-order chi connectivity index (χ1) is 15.3. The molecule has 1 N–H and O–H groups in total. The summed E-state index contributed by atoms with van der Waals surface area (Å²) >= 11 is 5.58. The molecule has 0 saturated carbocycles. The Kier molecular flexibility index (Phi) is 5.06. The number of nitrogens with one attached hydrogen (secondary N) is 1. The van der Waals surface area contributed by atoms with Gasteiger partial charge in [0.2, 0.25) is 0 Å². The molecule has 5 aromatic rings. The van der Waals surface area contributed by atoms with Crippen molar-refractivity contribution in [2.75, 3.05) is 6.61 Å². The van der Waals surface area contributed by atoms with E-state index >= 15 is 0 Å². The third-order valence-corrected chi connectivity index (χ3v) is 5.38. The Morgan fingerprint density at radius 1 is 0.871 bits per heavy atom. The van der Waals surface area contributed by atoms with Crippen molar-refractivity contribution in [1.29, 1.82) is 0 Å². The summed E-state index contributed by atoms with van der Waals surface area (Å²) in [7, 11) is 0. The first-order valence-electron chi connectivity index (χ1n) is 10.1. The highest BCUT2D eigenvalue weighted by molar-refractivity contribution is 7.71. The first kappa shape index (κ1) is 19.2. The molecule has 0 fully saturated rings. The maximum absolute atomic E-state index is 5.61. The largest absolute Gasteiger partial charge is 0.494 e. The van der Waals surface area contributed by atoms with Crippen LogP contribution in [0.3, 0.4) is 0 Å². The molecule has 0 aliphatic heterocycles. The van der Waals surface area contributed by atoms with Gasteiger partial charge in [-0.2, -0.15) is 10.2 Å². The third-order valence-electron chi connectivity index (χ3n) is 5.09. The lowest BCUT2D eigenvalue weighted by atomic mass is 10.0. The Morgan fingerprint density at radius 2 is 1.52 bits per heavy atom. The average Bonchev–Trinajstić information content (AvgIpc) is 3.23. The van der Waals surface area contributed by atoms with E-state index in [0.717, 1.165) is 44.9 Å². The van der Waals surface area contributed by atoms with Gasteiger partial charge in [0.25, 0.3) is 0 Å². The van der Waals surface area contributed by atoms with Crippen molar-refractivity contribution in [3.8, 4) is 34.0 Å². The lowest BCUT2D eigenvalue weighted by molar-refractivity contribution is 0.340. The van der Waals surface area contributed by atoms with Crippen LogP contribution in [-0.2, 0) is 0 Å². The number of fused-ring (bicyclic) bond motifs is 1. The Balaban J connectivity index is 1.84. The minimum absolute atomic E-state index is 0.511. The lowest BCUT2D eigenvalue weighted by Crippen LogP contribution is -1.99. The van der Waals surface area contributed by atoms with Gasteiger partial charge in [-0.15, -0.1) is 0 Å². The van der Waals surface area contributed by atoms with Crippen LogP contribution < -0.4 is 4.74 Å². The van der Waals surface area contributed by atoms with Crippen molar-refractivity contribution >= 4 is 23.1 Å². The molecule has 0 aliphatic carbocycles. The quantitative estimate of drug-likeness (QED) is 0.341. The third kappa shape index (κ3) is 3.51. The number of benzene rings is 3. The molecule has 0 saturated heterocycles. The monoisotopic (exact) mass is 424 g/mol. The van der Waals surface area contributed by atoms with E-state index in [-0.39, 0.29) is 0 Å². The number of H-pyrrole nitrogens is 1. The van der Waals surface area contributed by atoms with Crippen LogP contribution in [-0.4, -0.2) is 26.6 Å². The summed E-state index contributed by atoms with van der Waals surface area (Å²) in [4.78, 5) is 0. The molecule has 0 atom stereocenters. The zero-order chi connectivity index (χ0) is 21.2. The lowest BCUT2D eigenvalue weighted by Gasteiger charge is -2.10. The highest BCUT2D eigenvalue weighted by Gasteiger charge is 2.21. The van der Waals surface area contributed by atoms with Crippen LogP contribution in [0.5, 0.6) is 5.75 Å². The van der Waals surface area contributed by atoms with Crippen LogP contribution in [0, 0.1) is 4.64 Å². The molecule has 0 spiro atoms. The summed E-state index contributed by atoms with van der Waals surface area (Å²) < 4.78 is 8.05. The van der Waals surface area contributed by atoms with Crippen LogP contribution in [0.1, 0.15) is 6.92 Å². The molecule has 2 aromatic heterocycles. The highest BCUT2D eigenvalue weighted by Crippen LogP contribution is 2.36. The number of rotatable bonds is 5. The van der Waals surface area contributed by atoms with Gasteiger partial charge in [0, 0.05) is 11.1 Å². The van der Waals surface area contributed by atoms with Gasteiger partial charge in [0.15, 0.2) is 0 Å². The average molecular weight is 425 g/mol. The molecule has 5 nitrogen and oxygen atoms in total. The van der Waals surface area contributed by atoms with Crippen LogP contribution in [0.2, 0.25) is 0 Å². The maximum Gasteiger partial charge on any atom is 0.148 e. The van der Waals surface area contributed by atoms with Crippen molar-refractivity contribution in [2.24, 2.45) is 0 Å². The summed E-state index contributed by atoms with van der Waals surface area (Å²) in [5.41, 5.74) is 5.45. The Labute approximate surface area is 185 Å². The molecular weight excluding hydrogens is 404 g/mol. The Morgan fingerprint density at radius 3 is 2.16 bits per heavy atom. The number of hydrogen-bond acceptors (Lipinski definition) is 4. The Hall–Kier alpha value is -3.77. The second kappa shape index (κ2) is 8.16. The SMILES string of the molecule is CCOc1ccc(-n2nc3c(=S)[nH]nc(-c4ccccc4)c3c2-c2ccccc2)cc1. The van der Waals surface area contributed by atoms with Crippen molar-refractivity contribution in [3.63, 3.8) is 0 Å². The van der Waals surface area contributed by atoms with E-state index in [1.165, 1.54) is 0 Å². The van der Waals surface area contributed by atoms with Gasteiger partial charge in [0.1, 0.15) is 21.6 Å². The topological polar surface area (TPSA) is 55.7 Å². The summed E-state index contributed by atoms with van der Waals surface area (Å²) in [6.45, 7) is 2.60. The summed E-state index contributed by atoms with van der Waals surface area (Å²) in [5.74, 6) is 0.827. The first-order valence-corrected chi connectivity index (χ1v) is 10.5. The van der Waals surface area contributed by atoms with Crippen molar-refractivity contribution in [1.82, 2.24) is 20.0 Å². The van der Waals surface area contributed by atoms with Crippen LogP contribution in [0.25, 0.3) is 39.1 Å². The molecule has 0 amide bonds. The minimum Gasteiger partial charge on any atom is -0.494 e. The standard InChI is InChI=1S/C25H20N4OS/c1-2-30-20-15-13-19(14-16-20)29-24(18-11-7-4-8-12-18)21-22(17-9-5-3-6-10-17)26-27-25(31)23(21)28-29/h3-16H,2H2,1H3,(H,27,31). The van der Waals surface area contributed by atoms with Gasteiger partial charge in [-0.1, -0.05) is 72.9 Å². The number of hydrogen-bond donors (Lipinski definition) is 1. The molecule has 6 heteroatoms. The zero-order valence-corrected chi connectivity index (χ0v) is 17.8. The molecule has 0 unspecified atom stereocenters. The van der Waals surface area contributed by atoms with Crippen molar-refractivity contribution in [3.05, 3.63) is 89.6 Å². The summed E-state index contributed by atoms with van der Waals surface area (Å²) in [6, 6.07) is 28.2. The molecule has 5 rings (SSSR count). The second-order valence-corrected chi connectivity index (χ2v) is 7.45. The van der Waals surface area contributed by atoms with Gasteiger partial charge >= 0.3 is 0 Å². The molecular formula is C25H20N4OS. The van der Waals surface area contributed by atoms with Gasteiger partial charge in [0.05, 0.1) is 23.4 Å². The molecule has 3 aromatic carbocycles. The van der Waals surface area contributed by atoms with E-state index in [4.69, 9.17) is 22.1 Å². The smallest absolute Gasteiger partial charge is 0.148 e. The number of ether oxygens (including phenoxy) is 1. The summed E-state index contributed by atoms with van der Waals surface area (Å²) in [5, 5.41) is 13.4. The van der Waals surface area contributed by atoms with E-state index in [2.05, 4.69) is 22.3 Å². The number of aromatic amines is 1. The van der Waals surface area contributed by atoms with E-state index in [1.807, 2.05) is 84.4 Å². The minimum atomic E-state index is 0.511. The van der Waals surface area contributed by atoms with Crippen molar-refractivity contribution < 1.29 is 4.74 Å². The predicted octanol–water partition coefficient (Wildman–Crippen LogP) is 6.21. The highest BCUT2D eigenvalue weighted by atomic mass is 32.1. The molecule has 31 heavy (non-hydrogen) atoms. The fourth-order valence-corrected chi connectivity index (χ4v) is 3.91. The van der Waals surface area contributed by atoms with E-state index < -0.39 is 0 Å². The maximum atomic E-state index is 5.61. The fraction of sp³-hybridized carbons (Fsp3) is 0.0800. The fourth-order valence-electron chi connectivity index (χ4n) is 3.72. The van der Waals surface area contributed by atoms with E-state index in [0.29, 0.717) is 11.2 Å². The van der Waals surface area contributed by atoms with E-state index in [1.54, 1.807) is 0 Å². The number of aromatic nitrogens is 4. The van der Waals surface area contributed by atoms with Gasteiger partial charge < -0.3 is 4.74 Å². The molecule has 0 aliphatic rings. The molecule has 0 bridgehead atoms. The molecule has 152 valence electrons. The molecule has 2 heterocycles. The summed E-state index contributed by atoms with van der Waals surface area (Å²) in [6.07, 6.45) is 0. The normalized spacial score (nSPS) is 11.0. The van der Waals surface area contributed by atoms with Crippen LogP contribution in [0.15, 0.2) is 84.9 Å². The van der Waals surface area contributed by atoms with Crippen LogP contribution >= 0.6 is 12.2 Å². The number of nitrogens with zero attached hydrogens (tertiary/aromatic N) is 3. The molecule has 0 radical (unpaired) electrons.